The molecule has 0 aromatic carbocycles. The summed E-state index contributed by atoms with van der Waals surface area (Å²) in [6.45, 7) is 10.1. The molecule has 0 spiro atoms. The Labute approximate surface area is 85.7 Å². The second-order valence-corrected chi connectivity index (χ2v) is 4.65. The zero-order valence-corrected chi connectivity index (χ0v) is 9.25. The third-order valence-electron chi connectivity index (χ3n) is 2.05. The standard InChI is InChI=1S/C11H19NO2/c1-5-6-7-9-8-12(9)10(13)14-11(2,3)4/h5,9H,1,6-8H2,2-4H3. The van der Waals surface area contributed by atoms with E-state index in [9.17, 15) is 4.79 Å². The third-order valence-corrected chi connectivity index (χ3v) is 2.05. The van der Waals surface area contributed by atoms with Gasteiger partial charge in [0.2, 0.25) is 0 Å². The molecule has 3 heteroatoms. The summed E-state index contributed by atoms with van der Waals surface area (Å²) in [5.74, 6) is 0. The van der Waals surface area contributed by atoms with Crippen LogP contribution in [-0.4, -0.2) is 29.2 Å². The summed E-state index contributed by atoms with van der Waals surface area (Å²) in [5, 5.41) is 0. The molecular formula is C11H19NO2. The Morgan fingerprint density at radius 3 is 2.79 bits per heavy atom. The maximum absolute atomic E-state index is 11.5. The maximum atomic E-state index is 11.5. The molecule has 14 heavy (non-hydrogen) atoms. The van der Waals surface area contributed by atoms with Crippen LogP contribution >= 0.6 is 0 Å². The quantitative estimate of drug-likeness (QED) is 0.514. The molecule has 1 saturated heterocycles. The molecule has 0 aliphatic carbocycles. The van der Waals surface area contributed by atoms with Crippen LogP contribution in [0.3, 0.4) is 0 Å². The Hall–Kier alpha value is -0.990. The average Bonchev–Trinajstić information content (AvgIpc) is 2.76. The normalized spacial score (nSPS) is 20.5. The summed E-state index contributed by atoms with van der Waals surface area (Å²) >= 11 is 0. The molecule has 1 fully saturated rings. The second kappa shape index (κ2) is 4.03. The molecule has 1 unspecified atom stereocenters. The summed E-state index contributed by atoms with van der Waals surface area (Å²) < 4.78 is 5.23. The number of allylic oxidation sites excluding steroid dienone is 1. The lowest BCUT2D eigenvalue weighted by Gasteiger charge is -2.19. The molecule has 0 N–H and O–H groups in total. The van der Waals surface area contributed by atoms with Gasteiger partial charge in [0.25, 0.3) is 0 Å². The lowest BCUT2D eigenvalue weighted by atomic mass is 10.2. The van der Waals surface area contributed by atoms with E-state index < -0.39 is 0 Å². The largest absolute Gasteiger partial charge is 0.444 e. The van der Waals surface area contributed by atoms with Crippen molar-refractivity contribution in [2.45, 2.75) is 45.3 Å². The van der Waals surface area contributed by atoms with Gasteiger partial charge in [-0.3, -0.25) is 0 Å². The van der Waals surface area contributed by atoms with Gasteiger partial charge in [-0.25, -0.2) is 4.79 Å². The van der Waals surface area contributed by atoms with Gasteiger partial charge in [0.1, 0.15) is 5.60 Å². The predicted octanol–water partition coefficient (Wildman–Crippen LogP) is 2.57. The number of amides is 1. The van der Waals surface area contributed by atoms with Gasteiger partial charge >= 0.3 is 6.09 Å². The zero-order valence-electron chi connectivity index (χ0n) is 9.25. The van der Waals surface area contributed by atoms with Crippen molar-refractivity contribution in [3.05, 3.63) is 12.7 Å². The topological polar surface area (TPSA) is 29.3 Å². The van der Waals surface area contributed by atoms with Crippen LogP contribution in [0.15, 0.2) is 12.7 Å². The van der Waals surface area contributed by atoms with Gasteiger partial charge in [0.15, 0.2) is 0 Å². The minimum atomic E-state index is -0.386. The highest BCUT2D eigenvalue weighted by molar-refractivity contribution is 5.71. The third kappa shape index (κ3) is 3.40. The summed E-state index contributed by atoms with van der Waals surface area (Å²) in [6, 6.07) is 0.378. The number of nitrogens with zero attached hydrogens (tertiary/aromatic N) is 1. The number of rotatable bonds is 3. The van der Waals surface area contributed by atoms with Crippen molar-refractivity contribution in [3.63, 3.8) is 0 Å². The molecule has 1 heterocycles. The number of hydrogen-bond donors (Lipinski definition) is 0. The van der Waals surface area contributed by atoms with E-state index in [0.29, 0.717) is 6.04 Å². The number of ether oxygens (including phenoxy) is 1. The average molecular weight is 197 g/mol. The van der Waals surface area contributed by atoms with Crippen molar-refractivity contribution in [1.29, 1.82) is 0 Å². The minimum Gasteiger partial charge on any atom is -0.444 e. The Morgan fingerprint density at radius 1 is 1.64 bits per heavy atom. The molecule has 0 aromatic rings. The number of hydrogen-bond acceptors (Lipinski definition) is 2. The summed E-state index contributed by atoms with van der Waals surface area (Å²) in [5.41, 5.74) is -0.386. The molecule has 80 valence electrons. The highest BCUT2D eigenvalue weighted by Crippen LogP contribution is 2.25. The number of carbonyl (C=O) groups is 1. The van der Waals surface area contributed by atoms with Crippen LogP contribution in [0.5, 0.6) is 0 Å². The summed E-state index contributed by atoms with van der Waals surface area (Å²) in [4.78, 5) is 13.2. The van der Waals surface area contributed by atoms with Crippen LogP contribution in [0, 0.1) is 0 Å². The first-order valence-electron chi connectivity index (χ1n) is 5.04. The maximum Gasteiger partial charge on any atom is 0.410 e. The lowest BCUT2D eigenvalue weighted by molar-refractivity contribution is 0.0406. The monoisotopic (exact) mass is 197 g/mol. The van der Waals surface area contributed by atoms with Gasteiger partial charge in [-0.1, -0.05) is 6.08 Å². The fraction of sp³-hybridized carbons (Fsp3) is 0.727. The van der Waals surface area contributed by atoms with Gasteiger partial charge < -0.3 is 9.64 Å². The Bertz CT molecular complexity index is 230. The predicted molar refractivity (Wildman–Crippen MR) is 56.2 cm³/mol. The fourth-order valence-corrected chi connectivity index (χ4v) is 1.28. The molecule has 1 aliphatic heterocycles. The summed E-state index contributed by atoms with van der Waals surface area (Å²) in [7, 11) is 0. The Morgan fingerprint density at radius 2 is 2.29 bits per heavy atom. The van der Waals surface area contributed by atoms with Gasteiger partial charge in [0.05, 0.1) is 6.04 Å². The highest BCUT2D eigenvalue weighted by Gasteiger charge is 2.40. The molecule has 0 bridgehead atoms. The van der Waals surface area contributed by atoms with Crippen LogP contribution in [-0.2, 0) is 4.74 Å². The fourth-order valence-electron chi connectivity index (χ4n) is 1.28. The molecule has 0 saturated carbocycles. The van der Waals surface area contributed by atoms with Crippen LogP contribution < -0.4 is 0 Å². The highest BCUT2D eigenvalue weighted by atomic mass is 16.6. The number of carbonyl (C=O) groups excluding carboxylic acids is 1. The minimum absolute atomic E-state index is 0.188. The first-order chi connectivity index (χ1) is 6.44. The van der Waals surface area contributed by atoms with E-state index in [0.717, 1.165) is 19.4 Å². The van der Waals surface area contributed by atoms with Crippen molar-refractivity contribution in [2.75, 3.05) is 6.54 Å². The van der Waals surface area contributed by atoms with E-state index in [1.807, 2.05) is 26.8 Å². The van der Waals surface area contributed by atoms with Crippen molar-refractivity contribution in [1.82, 2.24) is 4.90 Å². The molecule has 0 radical (unpaired) electrons. The van der Waals surface area contributed by atoms with E-state index in [2.05, 4.69) is 6.58 Å². The van der Waals surface area contributed by atoms with Gasteiger partial charge in [0, 0.05) is 6.54 Å². The molecule has 1 amide bonds. The molecule has 1 aliphatic rings. The van der Waals surface area contributed by atoms with Crippen LogP contribution in [0.2, 0.25) is 0 Å². The molecule has 1 atom stereocenters. The molecule has 3 nitrogen and oxygen atoms in total. The van der Waals surface area contributed by atoms with Gasteiger partial charge in [-0.05, 0) is 33.6 Å². The Balaban J connectivity index is 2.25. The van der Waals surface area contributed by atoms with Crippen LogP contribution in [0.25, 0.3) is 0 Å². The van der Waals surface area contributed by atoms with Crippen molar-refractivity contribution in [2.24, 2.45) is 0 Å². The Kier molecular flexibility index (Phi) is 3.19. The SMILES string of the molecule is C=CCCC1CN1C(=O)OC(C)(C)C. The first-order valence-corrected chi connectivity index (χ1v) is 5.04. The van der Waals surface area contributed by atoms with Crippen molar-refractivity contribution >= 4 is 6.09 Å². The van der Waals surface area contributed by atoms with E-state index in [-0.39, 0.29) is 11.7 Å². The molecule has 0 aromatic heterocycles. The second-order valence-electron chi connectivity index (χ2n) is 4.65. The van der Waals surface area contributed by atoms with E-state index in [1.54, 1.807) is 4.90 Å². The van der Waals surface area contributed by atoms with E-state index in [1.165, 1.54) is 0 Å². The van der Waals surface area contributed by atoms with Crippen LogP contribution in [0.1, 0.15) is 33.6 Å². The summed E-state index contributed by atoms with van der Waals surface area (Å²) in [6.07, 6.45) is 3.66. The lowest BCUT2D eigenvalue weighted by Crippen LogP contribution is -2.27. The van der Waals surface area contributed by atoms with Crippen LogP contribution in [0.4, 0.5) is 4.79 Å². The van der Waals surface area contributed by atoms with Gasteiger partial charge in [-0.15, -0.1) is 6.58 Å². The van der Waals surface area contributed by atoms with Crippen molar-refractivity contribution < 1.29 is 9.53 Å². The van der Waals surface area contributed by atoms with Crippen molar-refractivity contribution in [3.8, 4) is 0 Å². The molecule has 1 rings (SSSR count). The zero-order chi connectivity index (χ0) is 10.8. The molecular weight excluding hydrogens is 178 g/mol. The van der Waals surface area contributed by atoms with Gasteiger partial charge in [-0.2, -0.15) is 0 Å². The smallest absolute Gasteiger partial charge is 0.410 e. The van der Waals surface area contributed by atoms with E-state index in [4.69, 9.17) is 4.74 Å². The first kappa shape index (κ1) is 11.1. The van der Waals surface area contributed by atoms with E-state index >= 15 is 0 Å².